The van der Waals surface area contributed by atoms with E-state index in [-0.39, 0.29) is 51.9 Å². The van der Waals surface area contributed by atoms with E-state index in [1.54, 1.807) is 39.0 Å². The number of benzene rings is 2. The smallest absolute Gasteiger partial charge is 0.251 e. The Morgan fingerprint density at radius 1 is 0.978 bits per heavy atom. The number of aryl methyl sites for hydroxylation is 1. The van der Waals surface area contributed by atoms with Crippen LogP contribution in [0.1, 0.15) is 59.8 Å². The second kappa shape index (κ2) is 12.0. The molecule has 1 fully saturated rings. The summed E-state index contributed by atoms with van der Waals surface area (Å²) in [7, 11) is 2.69. The number of carbonyl (C=O) groups is 2. The molecule has 2 aromatic heterocycles. The van der Waals surface area contributed by atoms with Gasteiger partial charge in [-0.25, -0.2) is 23.1 Å². The van der Waals surface area contributed by atoms with Crippen LogP contribution in [0.2, 0.25) is 0 Å². The molecular weight excluding hydrogens is 592 g/mol. The van der Waals surface area contributed by atoms with Crippen molar-refractivity contribution < 1.29 is 36.6 Å². The fraction of sp³-hybridized carbons (Fsp3) is 0.333. The maximum atomic E-state index is 15.1. The maximum Gasteiger partial charge on any atom is 0.251 e. The van der Waals surface area contributed by atoms with E-state index in [4.69, 9.17) is 15.2 Å². The first-order valence-corrected chi connectivity index (χ1v) is 14.2. The van der Waals surface area contributed by atoms with Crippen molar-refractivity contribution >= 4 is 22.7 Å². The van der Waals surface area contributed by atoms with E-state index in [0.717, 1.165) is 12.8 Å². The molecule has 1 aliphatic rings. The fourth-order valence-electron chi connectivity index (χ4n) is 5.37. The lowest BCUT2D eigenvalue weighted by atomic mass is 9.81. The molecule has 2 heterocycles. The number of ether oxygens (including phenoxy) is 2. The molecule has 3 N–H and O–H groups in total. The van der Waals surface area contributed by atoms with Crippen molar-refractivity contribution in [3.05, 3.63) is 82.2 Å². The summed E-state index contributed by atoms with van der Waals surface area (Å²) in [4.78, 5) is 34.6. The molecule has 45 heavy (non-hydrogen) atoms. The Kier molecular flexibility index (Phi) is 8.43. The molecule has 0 radical (unpaired) electrons. The number of nitrogens with one attached hydrogen (secondary N) is 1. The molecule has 8 nitrogen and oxygen atoms in total. The minimum absolute atomic E-state index is 0.0189. The highest BCUT2D eigenvalue weighted by Crippen LogP contribution is 2.46. The summed E-state index contributed by atoms with van der Waals surface area (Å²) in [6.45, 7) is 4.79. The highest BCUT2D eigenvalue weighted by atomic mass is 19.2. The van der Waals surface area contributed by atoms with E-state index in [0.29, 0.717) is 28.8 Å². The van der Waals surface area contributed by atoms with Gasteiger partial charge in [-0.15, -0.1) is 0 Å². The van der Waals surface area contributed by atoms with Gasteiger partial charge in [-0.05, 0) is 69.9 Å². The second-order valence-corrected chi connectivity index (χ2v) is 11.7. The molecule has 2 aromatic carbocycles. The topological polar surface area (TPSA) is 116 Å². The summed E-state index contributed by atoms with van der Waals surface area (Å²) in [5, 5.41) is 3.44. The molecule has 5 rings (SSSR count). The number of fused-ring (bicyclic) bond motifs is 1. The molecule has 1 atom stereocenters. The van der Waals surface area contributed by atoms with E-state index in [9.17, 15) is 22.8 Å². The molecule has 0 spiro atoms. The molecule has 1 aliphatic carbocycles. The third-order valence-electron chi connectivity index (χ3n) is 8.30. The minimum atomic E-state index is -1.37. The van der Waals surface area contributed by atoms with Gasteiger partial charge in [0.15, 0.2) is 11.6 Å². The van der Waals surface area contributed by atoms with Gasteiger partial charge in [-0.1, -0.05) is 0 Å². The summed E-state index contributed by atoms with van der Waals surface area (Å²) in [6.07, 6.45) is 1.63. The summed E-state index contributed by atoms with van der Waals surface area (Å²) in [5.41, 5.74) is 5.39. The third-order valence-corrected chi connectivity index (χ3v) is 8.30. The average molecular weight is 625 g/mol. The number of primary amides is 1. The van der Waals surface area contributed by atoms with Gasteiger partial charge < -0.3 is 20.5 Å². The molecule has 0 aliphatic heterocycles. The van der Waals surface area contributed by atoms with Crippen LogP contribution >= 0.6 is 0 Å². The molecule has 236 valence electrons. The molecule has 12 heteroatoms. The lowest BCUT2D eigenvalue weighted by molar-refractivity contribution is -0.122. The molecule has 0 bridgehead atoms. The number of pyridine rings is 2. The van der Waals surface area contributed by atoms with Crippen molar-refractivity contribution in [1.29, 1.82) is 0 Å². The van der Waals surface area contributed by atoms with Crippen molar-refractivity contribution in [3.8, 4) is 22.8 Å². The number of carbonyl (C=O) groups excluding carboxylic acids is 2. The van der Waals surface area contributed by atoms with Crippen molar-refractivity contribution in [2.45, 2.75) is 44.9 Å². The highest BCUT2D eigenvalue weighted by Gasteiger charge is 2.38. The van der Waals surface area contributed by atoms with Gasteiger partial charge in [-0.2, -0.15) is 4.39 Å². The van der Waals surface area contributed by atoms with Crippen LogP contribution < -0.4 is 20.5 Å². The van der Waals surface area contributed by atoms with E-state index in [1.807, 2.05) is 0 Å². The zero-order valence-electron chi connectivity index (χ0n) is 25.4. The third kappa shape index (κ3) is 6.01. The Hall–Kier alpha value is -4.74. The van der Waals surface area contributed by atoms with Gasteiger partial charge in [-0.3, -0.25) is 9.59 Å². The van der Waals surface area contributed by atoms with Crippen molar-refractivity contribution in [1.82, 2.24) is 15.3 Å². The quantitative estimate of drug-likeness (QED) is 0.130. The zero-order valence-corrected chi connectivity index (χ0v) is 25.4. The molecular formula is C33H32F4N4O4. The van der Waals surface area contributed by atoms with E-state index in [2.05, 4.69) is 15.3 Å². The predicted octanol–water partition coefficient (Wildman–Crippen LogP) is 5.87. The summed E-state index contributed by atoms with van der Waals surface area (Å²) in [6, 6.07) is 7.35. The first-order valence-electron chi connectivity index (χ1n) is 14.2. The number of aromatic nitrogens is 2. The average Bonchev–Trinajstić information content (AvgIpc) is 3.84. The van der Waals surface area contributed by atoms with Crippen LogP contribution in [0.15, 0.2) is 36.4 Å². The second-order valence-electron chi connectivity index (χ2n) is 11.7. The largest absolute Gasteiger partial charge is 0.494 e. The van der Waals surface area contributed by atoms with Crippen LogP contribution in [0.5, 0.6) is 11.5 Å². The van der Waals surface area contributed by atoms with Crippen LogP contribution in [0.4, 0.5) is 17.6 Å². The van der Waals surface area contributed by atoms with Crippen LogP contribution in [0.25, 0.3) is 22.2 Å². The number of halogens is 4. The lowest BCUT2D eigenvalue weighted by Gasteiger charge is -2.27. The normalized spacial score (nSPS) is 13.9. The van der Waals surface area contributed by atoms with Crippen molar-refractivity contribution in [2.24, 2.45) is 11.7 Å². The van der Waals surface area contributed by atoms with Crippen LogP contribution in [-0.2, 0) is 10.2 Å². The first-order chi connectivity index (χ1) is 21.3. The van der Waals surface area contributed by atoms with E-state index >= 15 is 4.39 Å². The maximum absolute atomic E-state index is 15.1. The number of amides is 2. The first kappa shape index (κ1) is 31.7. The fourth-order valence-corrected chi connectivity index (χ4v) is 5.37. The van der Waals surface area contributed by atoms with Crippen molar-refractivity contribution in [3.63, 3.8) is 0 Å². The number of nitrogens with two attached hydrogens (primary N) is 1. The van der Waals surface area contributed by atoms with Crippen LogP contribution in [0, 0.1) is 36.2 Å². The minimum Gasteiger partial charge on any atom is -0.494 e. The Morgan fingerprint density at radius 3 is 2.29 bits per heavy atom. The molecule has 1 saturated carbocycles. The predicted molar refractivity (Wildman–Crippen MR) is 159 cm³/mol. The summed E-state index contributed by atoms with van der Waals surface area (Å²) >= 11 is 0. The molecule has 1 unspecified atom stereocenters. The number of hydrogen-bond acceptors (Lipinski definition) is 6. The monoisotopic (exact) mass is 624 g/mol. The summed E-state index contributed by atoms with van der Waals surface area (Å²) in [5.74, 6) is -5.65. The van der Waals surface area contributed by atoms with Gasteiger partial charge >= 0.3 is 0 Å². The van der Waals surface area contributed by atoms with Crippen LogP contribution in [-0.4, -0.2) is 42.5 Å². The number of rotatable bonds is 10. The highest BCUT2D eigenvalue weighted by molar-refractivity contribution is 6.00. The Morgan fingerprint density at radius 2 is 1.67 bits per heavy atom. The van der Waals surface area contributed by atoms with Crippen LogP contribution in [0.3, 0.4) is 0 Å². The van der Waals surface area contributed by atoms with Gasteiger partial charge in [0, 0.05) is 51.9 Å². The lowest BCUT2D eigenvalue weighted by Crippen LogP contribution is -2.36. The number of nitrogens with zero attached hydrogens (tertiary/aromatic N) is 2. The van der Waals surface area contributed by atoms with Gasteiger partial charge in [0.25, 0.3) is 5.91 Å². The van der Waals surface area contributed by atoms with E-state index in [1.165, 1.54) is 20.3 Å². The van der Waals surface area contributed by atoms with Gasteiger partial charge in [0.2, 0.25) is 11.9 Å². The van der Waals surface area contributed by atoms with Crippen molar-refractivity contribution in [2.75, 3.05) is 20.8 Å². The Balaban J connectivity index is 1.57. The molecule has 0 saturated heterocycles. The Labute approximate surface area is 257 Å². The number of methoxy groups -OCH3 is 2. The summed E-state index contributed by atoms with van der Waals surface area (Å²) < 4.78 is 68.4. The zero-order chi connectivity index (χ0) is 32.8. The standard InChI is InChI=1S/C33H32F4N4O4/c1-15-8-17-9-18(10-26(44-4)27(17)41-30(15)37)31(42)39-14-20(16-6-7-16)25-12-21(33(2,3)32(38)43)29(45-5)28(40-25)19-11-23(35)24(36)13-22(19)34/h8-13,16,20H,6-7,14H2,1-5H3,(H2,38,43)(H,39,42). The van der Waals surface area contributed by atoms with E-state index < -0.39 is 46.5 Å². The van der Waals surface area contributed by atoms with Gasteiger partial charge in [0.05, 0.1) is 19.6 Å². The number of hydrogen-bond donors (Lipinski definition) is 2. The Bertz CT molecular complexity index is 1840. The van der Waals surface area contributed by atoms with Gasteiger partial charge in [0.1, 0.15) is 28.5 Å². The molecule has 4 aromatic rings. The SMILES string of the molecule is COc1c(C(C)(C)C(N)=O)cc(C(CNC(=O)c2cc(OC)c3nc(F)c(C)cc3c2)C2CC2)nc1-c1cc(F)c(F)cc1F. The molecule has 2 amide bonds.